The normalized spacial score (nSPS) is 18.9. The number of carbonyl (C=O) groups is 1. The van der Waals surface area contributed by atoms with Crippen LogP contribution in [0.1, 0.15) is 67.4 Å². The average Bonchev–Trinajstić information content (AvgIpc) is 2.75. The zero-order valence-corrected chi connectivity index (χ0v) is 19.3. The van der Waals surface area contributed by atoms with Gasteiger partial charge in [-0.05, 0) is 67.9 Å². The van der Waals surface area contributed by atoms with Crippen LogP contribution >= 0.6 is 0 Å². The molecule has 0 bridgehead atoms. The number of alkyl halides is 6. The van der Waals surface area contributed by atoms with Crippen molar-refractivity contribution in [3.63, 3.8) is 0 Å². The van der Waals surface area contributed by atoms with E-state index in [1.807, 2.05) is 13.0 Å². The van der Waals surface area contributed by atoms with Crippen LogP contribution in [0.25, 0.3) is 0 Å². The molecule has 0 spiro atoms. The van der Waals surface area contributed by atoms with Gasteiger partial charge >= 0.3 is 12.4 Å². The third-order valence-corrected chi connectivity index (χ3v) is 5.79. The fourth-order valence-corrected chi connectivity index (χ4v) is 3.78. The van der Waals surface area contributed by atoms with Crippen LogP contribution in [0, 0.1) is 5.92 Å². The van der Waals surface area contributed by atoms with E-state index in [1.54, 1.807) is 0 Å². The number of hydrogen-bond donors (Lipinski definition) is 1. The first-order chi connectivity index (χ1) is 15.8. The molecular weight excluding hydrogens is 460 g/mol. The van der Waals surface area contributed by atoms with E-state index in [4.69, 9.17) is 4.74 Å². The minimum absolute atomic E-state index is 0.0892. The maximum atomic E-state index is 12.5. The highest BCUT2D eigenvalue weighted by Crippen LogP contribution is 2.43. The maximum absolute atomic E-state index is 12.5. The lowest BCUT2D eigenvalue weighted by Crippen LogP contribution is -2.30. The zero-order valence-electron chi connectivity index (χ0n) is 19.3. The van der Waals surface area contributed by atoms with E-state index in [9.17, 15) is 31.1 Å². The monoisotopic (exact) mass is 489 g/mol. The molecule has 0 heterocycles. The van der Waals surface area contributed by atoms with E-state index in [0.29, 0.717) is 30.4 Å². The summed E-state index contributed by atoms with van der Waals surface area (Å²) in [6.07, 6.45) is -7.47. The molecule has 34 heavy (non-hydrogen) atoms. The van der Waals surface area contributed by atoms with Crippen LogP contribution < -0.4 is 5.32 Å². The van der Waals surface area contributed by atoms with Crippen molar-refractivity contribution >= 4 is 5.91 Å². The van der Waals surface area contributed by atoms with E-state index in [1.165, 1.54) is 32.4 Å². The first-order valence-electron chi connectivity index (χ1n) is 11.0. The SMILES string of the molecule is CCNC(=O)CC1CC(c2ccccc2)C1.COC(C)c1cc(C(F)(F)F)cc(C(F)(F)F)c1. The molecule has 2 aromatic rings. The molecular formula is C25H29F6NO2. The third kappa shape index (κ3) is 8.04. The molecule has 0 saturated heterocycles. The number of rotatable bonds is 6. The van der Waals surface area contributed by atoms with Gasteiger partial charge in [0.1, 0.15) is 0 Å². The van der Waals surface area contributed by atoms with Crippen LogP contribution in [-0.4, -0.2) is 19.6 Å². The fraction of sp³-hybridized carbons (Fsp3) is 0.480. The molecule has 1 fully saturated rings. The van der Waals surface area contributed by atoms with Crippen molar-refractivity contribution in [1.29, 1.82) is 0 Å². The first kappa shape index (κ1) is 27.7. The Morgan fingerprint density at radius 3 is 1.97 bits per heavy atom. The second-order valence-electron chi connectivity index (χ2n) is 8.32. The number of halogens is 6. The Labute approximate surface area is 195 Å². The predicted molar refractivity (Wildman–Crippen MR) is 117 cm³/mol. The van der Waals surface area contributed by atoms with Crippen LogP contribution in [0.3, 0.4) is 0 Å². The fourth-order valence-electron chi connectivity index (χ4n) is 3.78. The number of amides is 1. The summed E-state index contributed by atoms with van der Waals surface area (Å²) in [5.74, 6) is 1.48. The Balaban J connectivity index is 0.000000241. The molecule has 0 radical (unpaired) electrons. The summed E-state index contributed by atoms with van der Waals surface area (Å²) >= 11 is 0. The van der Waals surface area contributed by atoms with Crippen LogP contribution in [0.4, 0.5) is 26.3 Å². The molecule has 1 N–H and O–H groups in total. The summed E-state index contributed by atoms with van der Waals surface area (Å²) in [5, 5.41) is 2.86. The predicted octanol–water partition coefficient (Wildman–Crippen LogP) is 7.14. The molecule has 1 atom stereocenters. The average molecular weight is 490 g/mol. The summed E-state index contributed by atoms with van der Waals surface area (Å²) in [7, 11) is 1.21. The van der Waals surface area contributed by atoms with Gasteiger partial charge in [0.2, 0.25) is 5.91 Å². The summed E-state index contributed by atoms with van der Waals surface area (Å²) in [5.41, 5.74) is -1.42. The maximum Gasteiger partial charge on any atom is 0.416 e. The highest BCUT2D eigenvalue weighted by Gasteiger charge is 2.37. The number of benzene rings is 2. The molecule has 2 aromatic carbocycles. The van der Waals surface area contributed by atoms with Crippen molar-refractivity contribution in [2.24, 2.45) is 5.92 Å². The second-order valence-corrected chi connectivity index (χ2v) is 8.32. The second kappa shape index (κ2) is 11.7. The smallest absolute Gasteiger partial charge is 0.377 e. The number of nitrogens with one attached hydrogen (secondary N) is 1. The van der Waals surface area contributed by atoms with Gasteiger partial charge in [-0.25, -0.2) is 0 Å². The van der Waals surface area contributed by atoms with E-state index in [2.05, 4.69) is 29.6 Å². The van der Waals surface area contributed by atoms with E-state index >= 15 is 0 Å². The van der Waals surface area contributed by atoms with Gasteiger partial charge in [0.25, 0.3) is 0 Å². The highest BCUT2D eigenvalue weighted by molar-refractivity contribution is 5.76. The quantitative estimate of drug-likeness (QED) is 0.438. The molecule has 1 saturated carbocycles. The van der Waals surface area contributed by atoms with E-state index in [0.717, 1.165) is 6.54 Å². The number of hydrogen-bond acceptors (Lipinski definition) is 2. The Morgan fingerprint density at radius 2 is 1.53 bits per heavy atom. The van der Waals surface area contributed by atoms with Crippen LogP contribution in [0.15, 0.2) is 48.5 Å². The largest absolute Gasteiger partial charge is 0.416 e. The van der Waals surface area contributed by atoms with Gasteiger partial charge in [-0.15, -0.1) is 0 Å². The molecule has 3 rings (SSSR count). The highest BCUT2D eigenvalue weighted by atomic mass is 19.4. The molecule has 1 amide bonds. The van der Waals surface area contributed by atoms with Gasteiger partial charge in [-0.1, -0.05) is 30.3 Å². The van der Waals surface area contributed by atoms with E-state index in [-0.39, 0.29) is 17.5 Å². The summed E-state index contributed by atoms with van der Waals surface area (Å²) in [6, 6.07) is 12.0. The van der Waals surface area contributed by atoms with Gasteiger partial charge < -0.3 is 10.1 Å². The minimum atomic E-state index is -4.83. The van der Waals surface area contributed by atoms with Crippen molar-refractivity contribution < 1.29 is 35.9 Å². The standard InChI is InChI=1S/C14H19NO.C11H10F6O/c1-2-15-14(16)10-11-8-13(9-11)12-6-4-3-5-7-12;1-6(18-2)7-3-8(10(12,13)14)5-9(4-7)11(15,16)17/h3-7,11,13H,2,8-10H2,1H3,(H,15,16);3-6H,1-2H3. The van der Waals surface area contributed by atoms with Crippen molar-refractivity contribution in [1.82, 2.24) is 5.32 Å². The number of ether oxygens (including phenoxy) is 1. The third-order valence-electron chi connectivity index (χ3n) is 5.79. The molecule has 0 aliphatic heterocycles. The van der Waals surface area contributed by atoms with Gasteiger partial charge in [0.15, 0.2) is 0 Å². The van der Waals surface area contributed by atoms with Gasteiger partial charge in [0, 0.05) is 20.1 Å². The summed E-state index contributed by atoms with van der Waals surface area (Å²) in [4.78, 5) is 11.4. The van der Waals surface area contributed by atoms with Gasteiger partial charge in [-0.3, -0.25) is 4.79 Å². The molecule has 9 heteroatoms. The molecule has 1 unspecified atom stereocenters. The van der Waals surface area contributed by atoms with Crippen molar-refractivity contribution in [2.45, 2.75) is 57.5 Å². The molecule has 3 nitrogen and oxygen atoms in total. The molecule has 1 aliphatic rings. The summed E-state index contributed by atoms with van der Waals surface area (Å²) in [6.45, 7) is 4.08. The van der Waals surface area contributed by atoms with Crippen molar-refractivity contribution in [3.05, 3.63) is 70.8 Å². The van der Waals surface area contributed by atoms with Gasteiger partial charge in [0.05, 0.1) is 17.2 Å². The molecule has 188 valence electrons. The van der Waals surface area contributed by atoms with Crippen LogP contribution in [0.2, 0.25) is 0 Å². The zero-order chi connectivity index (χ0) is 25.5. The lowest BCUT2D eigenvalue weighted by Gasteiger charge is -2.35. The lowest BCUT2D eigenvalue weighted by molar-refractivity contribution is -0.143. The topological polar surface area (TPSA) is 38.3 Å². The van der Waals surface area contributed by atoms with E-state index < -0.39 is 29.6 Å². The number of carbonyl (C=O) groups excluding carboxylic acids is 1. The molecule has 0 aromatic heterocycles. The summed E-state index contributed by atoms with van der Waals surface area (Å²) < 4.78 is 79.7. The minimum Gasteiger partial charge on any atom is -0.377 e. The van der Waals surface area contributed by atoms with Crippen LogP contribution in [0.5, 0.6) is 0 Å². The Hall–Kier alpha value is -2.55. The number of methoxy groups -OCH3 is 1. The van der Waals surface area contributed by atoms with Crippen molar-refractivity contribution in [2.75, 3.05) is 13.7 Å². The Morgan fingerprint density at radius 1 is 1.00 bits per heavy atom. The lowest BCUT2D eigenvalue weighted by atomic mass is 9.70. The van der Waals surface area contributed by atoms with Crippen LogP contribution in [-0.2, 0) is 21.9 Å². The Bertz CT molecular complexity index is 889. The molecule has 1 aliphatic carbocycles. The Kier molecular flexibility index (Phi) is 9.55. The van der Waals surface area contributed by atoms with Gasteiger partial charge in [-0.2, -0.15) is 26.3 Å². The first-order valence-corrected chi connectivity index (χ1v) is 11.0. The van der Waals surface area contributed by atoms with Crippen molar-refractivity contribution in [3.8, 4) is 0 Å².